The summed E-state index contributed by atoms with van der Waals surface area (Å²) < 4.78 is 24.4. The average molecular weight is 483 g/mol. The molecule has 0 spiro atoms. The van der Waals surface area contributed by atoms with Gasteiger partial charge in [-0.25, -0.2) is 4.39 Å². The molecule has 4 rings (SSSR count). The third-order valence-corrected chi connectivity index (χ3v) is 6.83. The summed E-state index contributed by atoms with van der Waals surface area (Å²) in [6, 6.07) is 16.5. The van der Waals surface area contributed by atoms with Crippen molar-refractivity contribution in [3.8, 4) is 5.75 Å². The first-order chi connectivity index (χ1) is 16.6. The van der Waals surface area contributed by atoms with Crippen LogP contribution in [0.1, 0.15) is 26.8 Å². The molecule has 34 heavy (non-hydrogen) atoms. The highest BCUT2D eigenvalue weighted by molar-refractivity contribution is 7.10. The molecule has 0 bridgehead atoms. The molecular formula is C26H27FN2O4S. The van der Waals surface area contributed by atoms with Gasteiger partial charge in [0.05, 0.1) is 12.6 Å². The van der Waals surface area contributed by atoms with E-state index in [4.69, 9.17) is 9.47 Å². The summed E-state index contributed by atoms with van der Waals surface area (Å²) in [4.78, 5) is 31.1. The van der Waals surface area contributed by atoms with E-state index in [9.17, 15) is 14.0 Å². The number of hydrogen-bond donors (Lipinski definition) is 0. The van der Waals surface area contributed by atoms with E-state index in [0.717, 1.165) is 12.0 Å². The average Bonchev–Trinajstić information content (AvgIpc) is 3.35. The summed E-state index contributed by atoms with van der Waals surface area (Å²) in [7, 11) is 1.57. The van der Waals surface area contributed by atoms with Gasteiger partial charge in [0, 0.05) is 30.6 Å². The van der Waals surface area contributed by atoms with Crippen molar-refractivity contribution in [2.75, 3.05) is 40.0 Å². The minimum Gasteiger partial charge on any atom is -0.491 e. The topological polar surface area (TPSA) is 59.1 Å². The van der Waals surface area contributed by atoms with Crippen molar-refractivity contribution >= 4 is 23.2 Å². The van der Waals surface area contributed by atoms with Crippen molar-refractivity contribution in [1.82, 2.24) is 9.80 Å². The molecule has 1 unspecified atom stereocenters. The summed E-state index contributed by atoms with van der Waals surface area (Å²) in [6.45, 7) is 1.37. The van der Waals surface area contributed by atoms with Crippen LogP contribution >= 0.6 is 11.3 Å². The highest BCUT2D eigenvalue weighted by Crippen LogP contribution is 2.34. The molecule has 2 heterocycles. The van der Waals surface area contributed by atoms with Crippen LogP contribution in [-0.2, 0) is 16.0 Å². The Hall–Kier alpha value is -3.23. The molecule has 6 nitrogen and oxygen atoms in total. The number of thiophene rings is 1. The molecule has 2 aromatic carbocycles. The highest BCUT2D eigenvalue weighted by atomic mass is 32.1. The SMILES string of the molecule is COCCN(CC(=O)N1CCc2sccc2C1COc1ccc(F)cc1)C(=O)c1ccccc1. The fraction of sp³-hybridized carbons (Fsp3) is 0.308. The predicted molar refractivity (Wildman–Crippen MR) is 129 cm³/mol. The zero-order chi connectivity index (χ0) is 23.9. The summed E-state index contributed by atoms with van der Waals surface area (Å²) in [5, 5.41) is 2.02. The van der Waals surface area contributed by atoms with E-state index in [2.05, 4.69) is 0 Å². The molecule has 0 radical (unpaired) electrons. The molecule has 0 N–H and O–H groups in total. The van der Waals surface area contributed by atoms with Gasteiger partial charge in [-0.1, -0.05) is 18.2 Å². The second-order valence-electron chi connectivity index (χ2n) is 8.00. The largest absolute Gasteiger partial charge is 0.491 e. The zero-order valence-corrected chi connectivity index (χ0v) is 19.8. The van der Waals surface area contributed by atoms with Gasteiger partial charge in [-0.05, 0) is 59.8 Å². The smallest absolute Gasteiger partial charge is 0.254 e. The third-order valence-electron chi connectivity index (χ3n) is 5.84. The van der Waals surface area contributed by atoms with Gasteiger partial charge in [0.2, 0.25) is 5.91 Å². The van der Waals surface area contributed by atoms with Gasteiger partial charge in [0.15, 0.2) is 0 Å². The Morgan fingerprint density at radius 3 is 2.62 bits per heavy atom. The lowest BCUT2D eigenvalue weighted by Gasteiger charge is -2.37. The normalized spacial score (nSPS) is 15.0. The Morgan fingerprint density at radius 1 is 1.12 bits per heavy atom. The summed E-state index contributed by atoms with van der Waals surface area (Å²) >= 11 is 1.67. The molecule has 1 aromatic heterocycles. The van der Waals surface area contributed by atoms with Crippen LogP contribution in [0.5, 0.6) is 5.75 Å². The molecular weight excluding hydrogens is 455 g/mol. The number of halogens is 1. The molecule has 0 saturated carbocycles. The predicted octanol–water partition coefficient (Wildman–Crippen LogP) is 4.18. The number of carbonyl (C=O) groups is 2. The van der Waals surface area contributed by atoms with E-state index in [1.54, 1.807) is 59.7 Å². The molecule has 1 aliphatic rings. The molecule has 0 fully saturated rings. The second kappa shape index (κ2) is 11.3. The van der Waals surface area contributed by atoms with Crippen LogP contribution in [0, 0.1) is 5.82 Å². The number of amides is 2. The Bertz CT molecular complexity index is 1100. The maximum atomic E-state index is 13.5. The zero-order valence-electron chi connectivity index (χ0n) is 19.0. The van der Waals surface area contributed by atoms with Crippen LogP contribution in [0.3, 0.4) is 0 Å². The van der Waals surface area contributed by atoms with E-state index in [1.807, 2.05) is 17.5 Å². The van der Waals surface area contributed by atoms with Gasteiger partial charge < -0.3 is 19.3 Å². The Morgan fingerprint density at radius 2 is 1.88 bits per heavy atom. The summed E-state index contributed by atoms with van der Waals surface area (Å²) in [5.74, 6) is -0.151. The molecule has 8 heteroatoms. The van der Waals surface area contributed by atoms with Crippen LogP contribution in [0.2, 0.25) is 0 Å². The van der Waals surface area contributed by atoms with Gasteiger partial charge in [-0.15, -0.1) is 11.3 Å². The molecule has 0 aliphatic carbocycles. The lowest BCUT2D eigenvalue weighted by atomic mass is 10.0. The Labute approximate surface area is 202 Å². The van der Waals surface area contributed by atoms with Crippen molar-refractivity contribution in [3.05, 3.63) is 87.9 Å². The van der Waals surface area contributed by atoms with E-state index in [-0.39, 0.29) is 36.8 Å². The number of carbonyl (C=O) groups excluding carboxylic acids is 2. The number of fused-ring (bicyclic) bond motifs is 1. The Balaban J connectivity index is 1.51. The summed E-state index contributed by atoms with van der Waals surface area (Å²) in [5.41, 5.74) is 1.59. The van der Waals surface area contributed by atoms with E-state index >= 15 is 0 Å². The van der Waals surface area contributed by atoms with Gasteiger partial charge >= 0.3 is 0 Å². The number of nitrogens with zero attached hydrogens (tertiary/aromatic N) is 2. The first-order valence-corrected chi connectivity index (χ1v) is 12.0. The van der Waals surface area contributed by atoms with Crippen LogP contribution in [0.15, 0.2) is 66.0 Å². The second-order valence-corrected chi connectivity index (χ2v) is 9.00. The van der Waals surface area contributed by atoms with E-state index in [0.29, 0.717) is 31.0 Å². The van der Waals surface area contributed by atoms with Crippen molar-refractivity contribution in [1.29, 1.82) is 0 Å². The monoisotopic (exact) mass is 482 g/mol. The van der Waals surface area contributed by atoms with Crippen LogP contribution in [0.25, 0.3) is 0 Å². The van der Waals surface area contributed by atoms with Crippen LogP contribution in [0.4, 0.5) is 4.39 Å². The minimum atomic E-state index is -0.332. The van der Waals surface area contributed by atoms with Crippen molar-refractivity contribution in [3.63, 3.8) is 0 Å². The number of hydrogen-bond acceptors (Lipinski definition) is 5. The molecule has 1 aliphatic heterocycles. The van der Waals surface area contributed by atoms with Gasteiger partial charge in [0.1, 0.15) is 24.7 Å². The van der Waals surface area contributed by atoms with E-state index in [1.165, 1.54) is 21.9 Å². The number of rotatable bonds is 9. The third kappa shape index (κ3) is 5.63. The first kappa shape index (κ1) is 23.9. The van der Waals surface area contributed by atoms with Crippen LogP contribution < -0.4 is 4.74 Å². The van der Waals surface area contributed by atoms with Crippen molar-refractivity contribution in [2.45, 2.75) is 12.5 Å². The van der Waals surface area contributed by atoms with Crippen LogP contribution in [-0.4, -0.2) is 61.6 Å². The molecule has 178 valence electrons. The lowest BCUT2D eigenvalue weighted by Crippen LogP contribution is -2.48. The maximum Gasteiger partial charge on any atom is 0.254 e. The fourth-order valence-corrected chi connectivity index (χ4v) is 4.98. The fourth-order valence-electron chi connectivity index (χ4n) is 4.05. The van der Waals surface area contributed by atoms with Crippen molar-refractivity contribution < 1.29 is 23.5 Å². The number of ether oxygens (including phenoxy) is 2. The summed E-state index contributed by atoms with van der Waals surface area (Å²) in [6.07, 6.45) is 0.760. The van der Waals surface area contributed by atoms with Gasteiger partial charge in [-0.3, -0.25) is 9.59 Å². The Kier molecular flexibility index (Phi) is 7.92. The van der Waals surface area contributed by atoms with Gasteiger partial charge in [0.25, 0.3) is 5.91 Å². The van der Waals surface area contributed by atoms with E-state index < -0.39 is 0 Å². The van der Waals surface area contributed by atoms with Gasteiger partial charge in [-0.2, -0.15) is 0 Å². The minimum absolute atomic E-state index is 0.0520. The molecule has 3 aromatic rings. The lowest BCUT2D eigenvalue weighted by molar-refractivity contribution is -0.135. The number of benzene rings is 2. The standard InChI is InChI=1S/C26H27FN2O4S/c1-32-15-14-28(26(31)19-5-3-2-4-6-19)17-25(30)29-13-11-24-22(12-16-34-24)23(29)18-33-21-9-7-20(27)8-10-21/h2-10,12,16,23H,11,13-15,17-18H2,1H3. The quantitative estimate of drug-likeness (QED) is 0.459. The number of methoxy groups -OCH3 is 1. The first-order valence-electron chi connectivity index (χ1n) is 11.1. The molecule has 2 amide bonds. The molecule has 0 saturated heterocycles. The van der Waals surface area contributed by atoms with Crippen molar-refractivity contribution in [2.24, 2.45) is 0 Å². The maximum absolute atomic E-state index is 13.5. The molecule has 1 atom stereocenters. The highest BCUT2D eigenvalue weighted by Gasteiger charge is 2.33.